The van der Waals surface area contributed by atoms with Gasteiger partial charge < -0.3 is 13.6 Å². The van der Waals surface area contributed by atoms with Crippen molar-refractivity contribution in [3.8, 4) is 78.4 Å². The Kier molecular flexibility index (Phi) is 11.9. The van der Waals surface area contributed by atoms with Crippen LogP contribution in [0.25, 0.3) is 155 Å². The number of rotatable bonds is 10. The topological polar surface area (TPSA) is 61.7 Å². The molecule has 6 nitrogen and oxygen atoms in total. The van der Waals surface area contributed by atoms with Crippen LogP contribution in [0.4, 0.5) is 0 Å². The third-order valence-corrected chi connectivity index (χ3v) is 17.6. The molecule has 0 saturated carbocycles. The average Bonchev–Trinajstić information content (AvgIpc) is 1.74. The molecule has 0 radical (unpaired) electrons. The van der Waals surface area contributed by atoms with E-state index in [1.807, 2.05) is 36.8 Å². The van der Waals surface area contributed by atoms with Crippen molar-refractivity contribution in [2.75, 3.05) is 0 Å². The van der Waals surface area contributed by atoms with Crippen molar-refractivity contribution in [1.82, 2.24) is 24.1 Å². The maximum absolute atomic E-state index is 6.77. The van der Waals surface area contributed by atoms with E-state index < -0.39 is 0 Å². The summed E-state index contributed by atoms with van der Waals surface area (Å²) in [5.41, 5.74) is 26.3. The minimum atomic E-state index is 0.834. The van der Waals surface area contributed by atoms with Crippen molar-refractivity contribution < 1.29 is 4.42 Å². The molecule has 0 bridgehead atoms. The Morgan fingerprint density at radius 2 is 0.690 bits per heavy atom. The number of nitrogens with zero attached hydrogens (tertiary/aromatic N) is 5. The molecule has 16 aromatic rings. The van der Waals surface area contributed by atoms with E-state index in [1.165, 1.54) is 54.9 Å². The van der Waals surface area contributed by atoms with Crippen LogP contribution in [0, 0.1) is 0 Å². The number of fused-ring (bicyclic) bond motifs is 9. The van der Waals surface area contributed by atoms with Crippen molar-refractivity contribution in [1.29, 1.82) is 0 Å². The lowest BCUT2D eigenvalue weighted by atomic mass is 9.89. The largest absolute Gasteiger partial charge is 0.456 e. The Balaban J connectivity index is 0.848. The van der Waals surface area contributed by atoms with Gasteiger partial charge in [-0.1, -0.05) is 158 Å². The zero-order valence-corrected chi connectivity index (χ0v) is 47.3. The molecule has 408 valence electrons. The number of benzene rings is 10. The lowest BCUT2D eigenvalue weighted by molar-refractivity contribution is 0.669. The molecule has 0 saturated heterocycles. The van der Waals surface area contributed by atoms with E-state index in [4.69, 9.17) is 19.4 Å². The van der Waals surface area contributed by atoms with Gasteiger partial charge in [-0.2, -0.15) is 0 Å². The molecule has 6 heteroatoms. The smallest absolute Gasteiger partial charge is 0.135 e. The fourth-order valence-corrected chi connectivity index (χ4v) is 13.6. The summed E-state index contributed by atoms with van der Waals surface area (Å²) in [6, 6.07) is 96.3. The minimum absolute atomic E-state index is 0.834. The van der Waals surface area contributed by atoms with Crippen molar-refractivity contribution in [3.63, 3.8) is 0 Å². The van der Waals surface area contributed by atoms with Gasteiger partial charge in [-0.05, 0) is 195 Å². The third-order valence-electron chi connectivity index (χ3n) is 17.6. The highest BCUT2D eigenvalue weighted by molar-refractivity contribution is 6.15. The van der Waals surface area contributed by atoms with Gasteiger partial charge in [0.25, 0.3) is 0 Å². The van der Waals surface area contributed by atoms with Crippen LogP contribution in [0.2, 0.25) is 0 Å². The molecule has 6 aromatic heterocycles. The summed E-state index contributed by atoms with van der Waals surface area (Å²) in [7, 11) is 0. The Morgan fingerprint density at radius 1 is 0.299 bits per heavy atom. The standard InChI is InChI=1S/C81H53N5O/c1-2-18-52(19-3-1)59-20-4-5-21-60(59)53-31-37-76-67(46-53)68-47-54(61-22-6-9-25-64(61)73-28-12-15-43-82-73)32-38-77(68)85(76)57-35-41-80-71(50-57)72-51-58(36-42-81(72)87-80)86-78-39-33-55(62-23-7-10-26-65(62)74-29-13-16-44-83-74)48-69(78)70-49-56(34-40-79(70)86)63-24-8-11-27-66(63)75-30-14-17-45-84-75/h1-10,12-26,28-51H,11,27H2. The fraction of sp³-hybridized carbons (Fsp3) is 0.0247. The molecule has 0 unspecified atom stereocenters. The Morgan fingerprint density at radius 3 is 1.15 bits per heavy atom. The van der Waals surface area contributed by atoms with Crippen molar-refractivity contribution in [2.45, 2.75) is 12.8 Å². The molecule has 10 aromatic carbocycles. The molecule has 87 heavy (non-hydrogen) atoms. The molecule has 0 N–H and O–H groups in total. The summed E-state index contributed by atoms with van der Waals surface area (Å²) in [5.74, 6) is 0. The summed E-state index contributed by atoms with van der Waals surface area (Å²) < 4.78 is 11.6. The lowest BCUT2D eigenvalue weighted by Gasteiger charge is -2.16. The van der Waals surface area contributed by atoms with Gasteiger partial charge >= 0.3 is 0 Å². The molecular weight excluding hydrogens is 1060 g/mol. The van der Waals surface area contributed by atoms with Crippen LogP contribution >= 0.6 is 0 Å². The SMILES string of the molecule is C1=CC(c2ccc3c(c2)c2cc(-c4ccccc4-c4ccccn4)ccc2n3-c2ccc3oc4ccc(-n5c6ccc(-c7ccccc7-c7ccccc7)cc6c6cc(-c7ccccc7-c7ccccn7)ccc65)cc4c3c2)=C(c2ccccn2)CC1. The molecule has 0 spiro atoms. The lowest BCUT2D eigenvalue weighted by Crippen LogP contribution is -1.97. The number of hydrogen-bond donors (Lipinski definition) is 0. The zero-order chi connectivity index (χ0) is 57.4. The number of allylic oxidation sites excluding steroid dienone is 4. The molecule has 6 heterocycles. The first-order valence-electron chi connectivity index (χ1n) is 29.8. The molecule has 1 aliphatic rings. The minimum Gasteiger partial charge on any atom is -0.456 e. The van der Waals surface area contributed by atoms with Crippen LogP contribution < -0.4 is 0 Å². The number of furan rings is 1. The highest BCUT2D eigenvalue weighted by Gasteiger charge is 2.22. The zero-order valence-electron chi connectivity index (χ0n) is 47.3. The number of pyridine rings is 3. The van der Waals surface area contributed by atoms with E-state index in [-0.39, 0.29) is 0 Å². The Labute approximate surface area is 502 Å². The Bertz CT molecular complexity index is 5300. The maximum atomic E-state index is 6.77. The molecule has 0 amide bonds. The summed E-state index contributed by atoms with van der Waals surface area (Å²) in [4.78, 5) is 14.4. The monoisotopic (exact) mass is 1110 g/mol. The van der Waals surface area contributed by atoms with Gasteiger partial charge in [-0.25, -0.2) is 0 Å². The maximum Gasteiger partial charge on any atom is 0.135 e. The molecular formula is C81H53N5O. The van der Waals surface area contributed by atoms with Gasteiger partial charge in [0.1, 0.15) is 11.2 Å². The first-order chi connectivity index (χ1) is 43.1. The predicted octanol–water partition coefficient (Wildman–Crippen LogP) is 21.2. The van der Waals surface area contributed by atoms with Gasteiger partial charge in [0.2, 0.25) is 0 Å². The fourth-order valence-electron chi connectivity index (χ4n) is 13.6. The second-order valence-corrected chi connectivity index (χ2v) is 22.5. The van der Waals surface area contributed by atoms with Crippen LogP contribution in [0.5, 0.6) is 0 Å². The quantitative estimate of drug-likeness (QED) is 0.137. The van der Waals surface area contributed by atoms with Crippen molar-refractivity contribution in [3.05, 3.63) is 309 Å². The second-order valence-electron chi connectivity index (χ2n) is 22.5. The average molecular weight is 1110 g/mol. The van der Waals surface area contributed by atoms with E-state index >= 15 is 0 Å². The third kappa shape index (κ3) is 8.52. The predicted molar refractivity (Wildman–Crippen MR) is 360 cm³/mol. The van der Waals surface area contributed by atoms with Crippen LogP contribution in [-0.4, -0.2) is 24.1 Å². The molecule has 0 atom stereocenters. The van der Waals surface area contributed by atoms with Crippen LogP contribution in [-0.2, 0) is 0 Å². The molecule has 0 fully saturated rings. The molecule has 1 aliphatic carbocycles. The Hall–Kier alpha value is -11.5. The van der Waals surface area contributed by atoms with E-state index in [9.17, 15) is 0 Å². The van der Waals surface area contributed by atoms with Crippen molar-refractivity contribution >= 4 is 76.7 Å². The van der Waals surface area contributed by atoms with E-state index in [0.717, 1.165) is 124 Å². The summed E-state index contributed by atoms with van der Waals surface area (Å²) in [6.07, 6.45) is 12.1. The van der Waals surface area contributed by atoms with E-state index in [1.54, 1.807) is 0 Å². The van der Waals surface area contributed by atoms with Gasteiger partial charge in [-0.15, -0.1) is 0 Å². The van der Waals surface area contributed by atoms with E-state index in [0.29, 0.717) is 0 Å². The van der Waals surface area contributed by atoms with Crippen molar-refractivity contribution in [2.24, 2.45) is 0 Å². The first kappa shape index (κ1) is 50.1. The highest BCUT2D eigenvalue weighted by Crippen LogP contribution is 2.45. The second kappa shape index (κ2) is 20.7. The van der Waals surface area contributed by atoms with E-state index in [2.05, 4.69) is 270 Å². The summed E-state index contributed by atoms with van der Waals surface area (Å²) >= 11 is 0. The van der Waals surface area contributed by atoms with Gasteiger partial charge in [0.05, 0.1) is 39.1 Å². The van der Waals surface area contributed by atoms with Crippen LogP contribution in [0.1, 0.15) is 24.1 Å². The first-order valence-corrected chi connectivity index (χ1v) is 29.8. The summed E-state index contributed by atoms with van der Waals surface area (Å²) in [6.45, 7) is 0. The summed E-state index contributed by atoms with van der Waals surface area (Å²) in [5, 5.41) is 6.77. The van der Waals surface area contributed by atoms with Gasteiger partial charge in [-0.3, -0.25) is 15.0 Å². The molecule has 0 aliphatic heterocycles. The number of aromatic nitrogens is 5. The van der Waals surface area contributed by atoms with Crippen LogP contribution in [0.3, 0.4) is 0 Å². The van der Waals surface area contributed by atoms with Crippen LogP contribution in [0.15, 0.2) is 302 Å². The highest BCUT2D eigenvalue weighted by atomic mass is 16.3. The number of hydrogen-bond acceptors (Lipinski definition) is 4. The normalized spacial score (nSPS) is 12.6. The molecule has 17 rings (SSSR count). The van der Waals surface area contributed by atoms with Gasteiger partial charge in [0.15, 0.2) is 0 Å². The van der Waals surface area contributed by atoms with Gasteiger partial charge in [0, 0.05) is 73.4 Å².